The molecule has 0 aliphatic carbocycles. The number of carbonyl (C=O) groups excluding carboxylic acids is 1. The predicted octanol–water partition coefficient (Wildman–Crippen LogP) is 2.90. The number of thiazole rings is 1. The first-order chi connectivity index (χ1) is 7.58. The maximum Gasteiger partial charge on any atom is 0.263 e. The largest absolute Gasteiger partial charge is 0.349 e. The molecule has 90 valence electrons. The van der Waals surface area contributed by atoms with Crippen molar-refractivity contribution in [3.8, 4) is 0 Å². The minimum Gasteiger partial charge on any atom is -0.349 e. The number of nitrogens with one attached hydrogen (secondary N) is 1. The SMILES string of the molecule is CCC(CCCl)NC(=O)c1sc(C)nc1C. The number of aromatic nitrogens is 1. The highest BCUT2D eigenvalue weighted by Crippen LogP contribution is 2.17. The molecule has 1 heterocycles. The van der Waals surface area contributed by atoms with Crippen molar-refractivity contribution in [2.75, 3.05) is 5.88 Å². The third-order valence-electron chi connectivity index (χ3n) is 2.40. The zero-order valence-electron chi connectivity index (χ0n) is 9.84. The van der Waals surface area contributed by atoms with Crippen molar-refractivity contribution in [3.63, 3.8) is 0 Å². The molecule has 1 aromatic heterocycles. The van der Waals surface area contributed by atoms with Gasteiger partial charge >= 0.3 is 0 Å². The zero-order chi connectivity index (χ0) is 12.1. The molecule has 0 aromatic carbocycles. The van der Waals surface area contributed by atoms with Gasteiger partial charge in [0.25, 0.3) is 5.91 Å². The zero-order valence-corrected chi connectivity index (χ0v) is 11.4. The Morgan fingerprint density at radius 1 is 1.56 bits per heavy atom. The van der Waals surface area contributed by atoms with Crippen LogP contribution in [0.15, 0.2) is 0 Å². The smallest absolute Gasteiger partial charge is 0.263 e. The molecule has 3 nitrogen and oxygen atoms in total. The number of hydrogen-bond donors (Lipinski definition) is 1. The van der Waals surface area contributed by atoms with Crippen molar-refractivity contribution in [1.82, 2.24) is 10.3 Å². The molecule has 1 atom stereocenters. The molecule has 0 fully saturated rings. The number of hydrogen-bond acceptors (Lipinski definition) is 3. The Hall–Kier alpha value is -0.610. The average Bonchev–Trinajstić information content (AvgIpc) is 2.57. The van der Waals surface area contributed by atoms with Crippen LogP contribution in [0.2, 0.25) is 0 Å². The van der Waals surface area contributed by atoms with Crippen molar-refractivity contribution in [3.05, 3.63) is 15.6 Å². The molecule has 1 aromatic rings. The fraction of sp³-hybridized carbons (Fsp3) is 0.636. The van der Waals surface area contributed by atoms with E-state index in [1.807, 2.05) is 20.8 Å². The molecule has 0 spiro atoms. The van der Waals surface area contributed by atoms with Crippen LogP contribution in [0.1, 0.15) is 40.1 Å². The van der Waals surface area contributed by atoms with E-state index < -0.39 is 0 Å². The first kappa shape index (κ1) is 13.5. The van der Waals surface area contributed by atoms with E-state index in [1.54, 1.807) is 0 Å². The number of nitrogens with zero attached hydrogens (tertiary/aromatic N) is 1. The van der Waals surface area contributed by atoms with Crippen LogP contribution in [0.25, 0.3) is 0 Å². The Morgan fingerprint density at radius 3 is 2.69 bits per heavy atom. The van der Waals surface area contributed by atoms with Gasteiger partial charge in [-0.3, -0.25) is 4.79 Å². The molecular formula is C11H17ClN2OS. The van der Waals surface area contributed by atoms with Crippen LogP contribution < -0.4 is 5.32 Å². The lowest BCUT2D eigenvalue weighted by atomic mass is 10.1. The summed E-state index contributed by atoms with van der Waals surface area (Å²) in [6, 6.07) is 0.159. The quantitative estimate of drug-likeness (QED) is 0.828. The average molecular weight is 261 g/mol. The Kier molecular flexibility index (Phi) is 5.22. The molecule has 1 amide bonds. The summed E-state index contributed by atoms with van der Waals surface area (Å²) in [7, 11) is 0. The molecule has 0 saturated heterocycles. The van der Waals surface area contributed by atoms with Gasteiger partial charge in [-0.05, 0) is 26.7 Å². The third kappa shape index (κ3) is 3.46. The van der Waals surface area contributed by atoms with Gasteiger partial charge in [0.2, 0.25) is 0 Å². The summed E-state index contributed by atoms with van der Waals surface area (Å²) in [5, 5.41) is 3.91. The molecule has 16 heavy (non-hydrogen) atoms. The number of aryl methyl sites for hydroxylation is 2. The van der Waals surface area contributed by atoms with Crippen molar-refractivity contribution in [1.29, 1.82) is 0 Å². The summed E-state index contributed by atoms with van der Waals surface area (Å²) >= 11 is 7.12. The Bertz CT molecular complexity index is 365. The number of alkyl halides is 1. The molecule has 5 heteroatoms. The van der Waals surface area contributed by atoms with E-state index in [4.69, 9.17) is 11.6 Å². The minimum absolute atomic E-state index is 0.0277. The van der Waals surface area contributed by atoms with Crippen molar-refractivity contribution in [2.45, 2.75) is 39.7 Å². The first-order valence-electron chi connectivity index (χ1n) is 5.39. The van der Waals surface area contributed by atoms with E-state index in [1.165, 1.54) is 11.3 Å². The van der Waals surface area contributed by atoms with Gasteiger partial charge in [-0.1, -0.05) is 6.92 Å². The van der Waals surface area contributed by atoms with Gasteiger partial charge in [0.15, 0.2) is 0 Å². The van der Waals surface area contributed by atoms with Gasteiger partial charge in [0, 0.05) is 11.9 Å². The van der Waals surface area contributed by atoms with Crippen LogP contribution in [0.4, 0.5) is 0 Å². The highest BCUT2D eigenvalue weighted by molar-refractivity contribution is 7.13. The summed E-state index contributed by atoms with van der Waals surface area (Å²) in [6.45, 7) is 5.81. The van der Waals surface area contributed by atoms with Gasteiger partial charge in [0.05, 0.1) is 10.7 Å². The van der Waals surface area contributed by atoms with Crippen LogP contribution in [0, 0.1) is 13.8 Å². The minimum atomic E-state index is -0.0277. The van der Waals surface area contributed by atoms with Crippen LogP contribution in [0.3, 0.4) is 0 Å². The van der Waals surface area contributed by atoms with Gasteiger partial charge in [-0.2, -0.15) is 0 Å². The van der Waals surface area contributed by atoms with Crippen molar-refractivity contribution in [2.24, 2.45) is 0 Å². The topological polar surface area (TPSA) is 42.0 Å². The molecule has 1 N–H and O–H groups in total. The van der Waals surface area contributed by atoms with Gasteiger partial charge in [-0.15, -0.1) is 22.9 Å². The molecule has 1 unspecified atom stereocenters. The summed E-state index contributed by atoms with van der Waals surface area (Å²) in [5.74, 6) is 0.541. The standard InChI is InChI=1S/C11H17ClN2OS/c1-4-9(5-6-12)14-11(15)10-7(2)13-8(3)16-10/h9H,4-6H2,1-3H3,(H,14,15). The molecular weight excluding hydrogens is 244 g/mol. The summed E-state index contributed by atoms with van der Waals surface area (Å²) < 4.78 is 0. The van der Waals surface area contributed by atoms with E-state index in [0.717, 1.165) is 23.5 Å². The van der Waals surface area contributed by atoms with Crippen LogP contribution in [-0.2, 0) is 0 Å². The Morgan fingerprint density at radius 2 is 2.25 bits per heavy atom. The monoisotopic (exact) mass is 260 g/mol. The lowest BCUT2D eigenvalue weighted by molar-refractivity contribution is 0.0938. The number of amides is 1. The molecule has 0 bridgehead atoms. The van der Waals surface area contributed by atoms with Crippen LogP contribution >= 0.6 is 22.9 Å². The Balaban J connectivity index is 2.67. The van der Waals surface area contributed by atoms with Crippen LogP contribution in [-0.4, -0.2) is 22.8 Å². The van der Waals surface area contributed by atoms with Crippen molar-refractivity contribution >= 4 is 28.8 Å². The van der Waals surface area contributed by atoms with E-state index in [-0.39, 0.29) is 11.9 Å². The van der Waals surface area contributed by atoms with Gasteiger partial charge in [-0.25, -0.2) is 4.98 Å². The lowest BCUT2D eigenvalue weighted by Gasteiger charge is -2.14. The fourth-order valence-electron chi connectivity index (χ4n) is 1.50. The number of carbonyl (C=O) groups is 1. The van der Waals surface area contributed by atoms with Crippen molar-refractivity contribution < 1.29 is 4.79 Å². The number of rotatable bonds is 5. The lowest BCUT2D eigenvalue weighted by Crippen LogP contribution is -2.34. The second-order valence-corrected chi connectivity index (χ2v) is 5.28. The maximum absolute atomic E-state index is 11.9. The molecule has 1 rings (SSSR count). The van der Waals surface area contributed by atoms with E-state index in [9.17, 15) is 4.79 Å². The van der Waals surface area contributed by atoms with E-state index in [2.05, 4.69) is 10.3 Å². The molecule has 0 radical (unpaired) electrons. The molecule has 0 aliphatic heterocycles. The Labute approximate surface area is 105 Å². The highest BCUT2D eigenvalue weighted by atomic mass is 35.5. The third-order valence-corrected chi connectivity index (χ3v) is 3.69. The second-order valence-electron chi connectivity index (χ2n) is 3.70. The molecule has 0 aliphatic rings. The highest BCUT2D eigenvalue weighted by Gasteiger charge is 2.16. The summed E-state index contributed by atoms with van der Waals surface area (Å²) in [5.41, 5.74) is 0.806. The van der Waals surface area contributed by atoms with E-state index >= 15 is 0 Å². The maximum atomic E-state index is 11.9. The first-order valence-corrected chi connectivity index (χ1v) is 6.74. The molecule has 0 saturated carbocycles. The fourth-order valence-corrected chi connectivity index (χ4v) is 2.59. The predicted molar refractivity (Wildman–Crippen MR) is 68.5 cm³/mol. The van der Waals surface area contributed by atoms with Crippen LogP contribution in [0.5, 0.6) is 0 Å². The number of halogens is 1. The second kappa shape index (κ2) is 6.21. The normalized spacial score (nSPS) is 12.5. The summed E-state index contributed by atoms with van der Waals surface area (Å²) in [4.78, 5) is 16.9. The van der Waals surface area contributed by atoms with E-state index in [0.29, 0.717) is 10.8 Å². The summed E-state index contributed by atoms with van der Waals surface area (Å²) in [6.07, 6.45) is 1.70. The van der Waals surface area contributed by atoms with Gasteiger partial charge < -0.3 is 5.32 Å². The van der Waals surface area contributed by atoms with Gasteiger partial charge in [0.1, 0.15) is 4.88 Å².